The Morgan fingerprint density at radius 3 is 2.50 bits per heavy atom. The first-order valence-electron chi connectivity index (χ1n) is 10.0. The normalized spacial score (nSPS) is 16.6. The van der Waals surface area contributed by atoms with Crippen molar-refractivity contribution in [2.45, 2.75) is 12.8 Å². The zero-order chi connectivity index (χ0) is 21.1. The molecule has 0 aliphatic carbocycles. The molecule has 0 atom stereocenters. The minimum atomic E-state index is -0.428. The van der Waals surface area contributed by atoms with E-state index >= 15 is 0 Å². The van der Waals surface area contributed by atoms with Gasteiger partial charge in [0, 0.05) is 37.8 Å². The van der Waals surface area contributed by atoms with Crippen LogP contribution in [0.3, 0.4) is 0 Å². The van der Waals surface area contributed by atoms with Gasteiger partial charge in [0.25, 0.3) is 11.6 Å². The number of ether oxygens (including phenoxy) is 1. The van der Waals surface area contributed by atoms with E-state index in [1.54, 1.807) is 30.3 Å². The van der Waals surface area contributed by atoms with Crippen LogP contribution in [0, 0.1) is 10.1 Å². The van der Waals surface area contributed by atoms with Gasteiger partial charge in [-0.05, 0) is 37.1 Å². The number of hydrogen-bond acceptors (Lipinski definition) is 6. The summed E-state index contributed by atoms with van der Waals surface area (Å²) in [6, 6.07) is 9.97. The maximum Gasteiger partial charge on any atom is 0.293 e. The fraction of sp³-hybridized carbons (Fsp3) is 0.381. The molecule has 2 aliphatic rings. The van der Waals surface area contributed by atoms with Crippen LogP contribution in [-0.2, 0) is 4.74 Å². The van der Waals surface area contributed by atoms with E-state index < -0.39 is 10.8 Å². The smallest absolute Gasteiger partial charge is 0.293 e. The van der Waals surface area contributed by atoms with Crippen LogP contribution in [0.4, 0.5) is 22.7 Å². The highest BCUT2D eigenvalue weighted by molar-refractivity contribution is 6.34. The molecule has 2 saturated heterocycles. The average Bonchev–Trinajstić information content (AvgIpc) is 3.29. The fourth-order valence-electron chi connectivity index (χ4n) is 3.96. The molecule has 2 heterocycles. The molecule has 8 nitrogen and oxygen atoms in total. The summed E-state index contributed by atoms with van der Waals surface area (Å²) in [5, 5.41) is 15.0. The van der Waals surface area contributed by atoms with Gasteiger partial charge in [0.2, 0.25) is 0 Å². The van der Waals surface area contributed by atoms with E-state index in [9.17, 15) is 14.9 Å². The second-order valence-electron chi connectivity index (χ2n) is 7.34. The first-order chi connectivity index (χ1) is 14.5. The van der Waals surface area contributed by atoms with Crippen LogP contribution in [0.25, 0.3) is 0 Å². The number of para-hydroxylation sites is 1. The summed E-state index contributed by atoms with van der Waals surface area (Å²) in [6.07, 6.45) is 2.02. The van der Waals surface area contributed by atoms with Crippen LogP contribution in [-0.4, -0.2) is 50.2 Å². The molecule has 0 saturated carbocycles. The minimum Gasteiger partial charge on any atom is -0.378 e. The molecule has 0 unspecified atom stereocenters. The summed E-state index contributed by atoms with van der Waals surface area (Å²) in [5.41, 5.74) is 2.05. The van der Waals surface area contributed by atoms with E-state index in [0.717, 1.165) is 31.6 Å². The van der Waals surface area contributed by atoms with Gasteiger partial charge in [-0.2, -0.15) is 0 Å². The summed E-state index contributed by atoms with van der Waals surface area (Å²) in [5.74, 6) is -0.414. The molecule has 0 radical (unpaired) electrons. The quantitative estimate of drug-likeness (QED) is 0.571. The molecule has 30 heavy (non-hydrogen) atoms. The van der Waals surface area contributed by atoms with Gasteiger partial charge < -0.3 is 19.9 Å². The number of halogens is 1. The Hall–Kier alpha value is -2.84. The zero-order valence-corrected chi connectivity index (χ0v) is 17.2. The van der Waals surface area contributed by atoms with Crippen molar-refractivity contribution < 1.29 is 14.5 Å². The molecule has 2 aromatic carbocycles. The molecular weight excluding hydrogens is 408 g/mol. The summed E-state index contributed by atoms with van der Waals surface area (Å²) in [4.78, 5) is 28.2. The predicted octanol–water partition coefficient (Wildman–Crippen LogP) is 3.94. The van der Waals surface area contributed by atoms with Crippen LogP contribution < -0.4 is 15.1 Å². The maximum atomic E-state index is 12.9. The van der Waals surface area contributed by atoms with Gasteiger partial charge in [-0.25, -0.2) is 0 Å². The van der Waals surface area contributed by atoms with E-state index in [1.807, 2.05) is 4.90 Å². The Bertz CT molecular complexity index is 956. The van der Waals surface area contributed by atoms with Crippen LogP contribution in [0.2, 0.25) is 5.02 Å². The molecule has 2 aliphatic heterocycles. The topological polar surface area (TPSA) is 88.0 Å². The number of nitrogens with one attached hydrogen (secondary N) is 1. The number of hydrogen-bond donors (Lipinski definition) is 1. The van der Waals surface area contributed by atoms with Gasteiger partial charge in [0.15, 0.2) is 0 Å². The summed E-state index contributed by atoms with van der Waals surface area (Å²) in [6.45, 7) is 4.09. The average molecular weight is 431 g/mol. The molecular formula is C21H23ClN4O4. The Labute approximate surface area is 179 Å². The summed E-state index contributed by atoms with van der Waals surface area (Å²) in [7, 11) is 0. The molecule has 158 valence electrons. The van der Waals surface area contributed by atoms with E-state index in [-0.39, 0.29) is 11.3 Å². The SMILES string of the molecule is O=C(Nc1cccc(Cl)c1N1CCOCC1)c1ccc(N2CCCC2)c([N+](=O)[O-])c1. The molecule has 2 aromatic rings. The third-order valence-corrected chi connectivity index (χ3v) is 5.75. The number of carbonyl (C=O) groups excluding carboxylic acids is 1. The first kappa shape index (κ1) is 20.4. The van der Waals surface area contributed by atoms with Gasteiger partial charge in [0.1, 0.15) is 5.69 Å². The van der Waals surface area contributed by atoms with Crippen LogP contribution in [0.1, 0.15) is 23.2 Å². The van der Waals surface area contributed by atoms with Crippen molar-refractivity contribution in [1.29, 1.82) is 0 Å². The van der Waals surface area contributed by atoms with Gasteiger partial charge in [-0.15, -0.1) is 0 Å². The Morgan fingerprint density at radius 1 is 1.07 bits per heavy atom. The number of carbonyl (C=O) groups is 1. The molecule has 0 bridgehead atoms. The number of nitro groups is 1. The van der Waals surface area contributed by atoms with Gasteiger partial charge in [-0.1, -0.05) is 17.7 Å². The lowest BCUT2D eigenvalue weighted by atomic mass is 10.1. The zero-order valence-electron chi connectivity index (χ0n) is 16.5. The van der Waals surface area contributed by atoms with Gasteiger partial charge in [-0.3, -0.25) is 14.9 Å². The van der Waals surface area contributed by atoms with E-state index in [0.29, 0.717) is 42.7 Å². The minimum absolute atomic E-state index is 0.0518. The van der Waals surface area contributed by atoms with E-state index in [1.165, 1.54) is 6.07 Å². The highest BCUT2D eigenvalue weighted by Gasteiger charge is 2.25. The van der Waals surface area contributed by atoms with Crippen molar-refractivity contribution in [2.24, 2.45) is 0 Å². The largest absolute Gasteiger partial charge is 0.378 e. The van der Waals surface area contributed by atoms with Gasteiger partial charge in [0.05, 0.1) is 34.5 Å². The molecule has 9 heteroatoms. The van der Waals surface area contributed by atoms with Gasteiger partial charge >= 0.3 is 0 Å². The maximum absolute atomic E-state index is 12.9. The van der Waals surface area contributed by atoms with Crippen molar-refractivity contribution in [3.8, 4) is 0 Å². The lowest BCUT2D eigenvalue weighted by Gasteiger charge is -2.31. The van der Waals surface area contributed by atoms with Crippen LogP contribution in [0.15, 0.2) is 36.4 Å². The summed E-state index contributed by atoms with van der Waals surface area (Å²) >= 11 is 6.42. The predicted molar refractivity (Wildman–Crippen MR) is 117 cm³/mol. The lowest BCUT2D eigenvalue weighted by molar-refractivity contribution is -0.384. The van der Waals surface area contributed by atoms with Crippen molar-refractivity contribution >= 4 is 40.3 Å². The molecule has 0 aromatic heterocycles. The molecule has 1 amide bonds. The standard InChI is InChI=1S/C21H23ClN4O4/c22-16-4-3-5-17(20(16)25-10-12-30-13-11-25)23-21(27)15-6-7-18(19(14-15)26(28)29)24-8-1-2-9-24/h3-7,14H,1-2,8-13H2,(H,23,27). The highest BCUT2D eigenvalue weighted by atomic mass is 35.5. The van der Waals surface area contributed by atoms with Crippen molar-refractivity contribution in [3.63, 3.8) is 0 Å². The van der Waals surface area contributed by atoms with Crippen LogP contribution >= 0.6 is 11.6 Å². The Balaban J connectivity index is 1.61. The number of rotatable bonds is 5. The molecule has 2 fully saturated rings. The molecule has 0 spiro atoms. The number of anilines is 3. The fourth-order valence-corrected chi connectivity index (χ4v) is 4.25. The number of benzene rings is 2. The third kappa shape index (κ3) is 4.20. The Kier molecular flexibility index (Phi) is 6.06. The lowest BCUT2D eigenvalue weighted by Crippen LogP contribution is -2.37. The number of nitrogens with zero attached hydrogens (tertiary/aromatic N) is 3. The summed E-state index contributed by atoms with van der Waals surface area (Å²) < 4.78 is 5.40. The van der Waals surface area contributed by atoms with Crippen molar-refractivity contribution in [1.82, 2.24) is 0 Å². The van der Waals surface area contributed by atoms with Crippen molar-refractivity contribution in [2.75, 3.05) is 54.5 Å². The molecule has 4 rings (SSSR count). The number of morpholine rings is 1. The first-order valence-corrected chi connectivity index (χ1v) is 10.4. The second kappa shape index (κ2) is 8.89. The van der Waals surface area contributed by atoms with Crippen LogP contribution in [0.5, 0.6) is 0 Å². The second-order valence-corrected chi connectivity index (χ2v) is 7.75. The van der Waals surface area contributed by atoms with E-state index in [4.69, 9.17) is 16.3 Å². The van der Waals surface area contributed by atoms with E-state index in [2.05, 4.69) is 10.2 Å². The number of nitro benzene ring substituents is 1. The number of amides is 1. The molecule has 1 N–H and O–H groups in total. The monoisotopic (exact) mass is 430 g/mol. The third-order valence-electron chi connectivity index (χ3n) is 5.44. The Morgan fingerprint density at radius 2 is 1.80 bits per heavy atom. The van der Waals surface area contributed by atoms with Crippen molar-refractivity contribution in [3.05, 3.63) is 57.1 Å². The highest BCUT2D eigenvalue weighted by Crippen LogP contribution is 2.36.